The van der Waals surface area contributed by atoms with Crippen LogP contribution in [0, 0.1) is 6.92 Å². The van der Waals surface area contributed by atoms with Gasteiger partial charge in [-0.3, -0.25) is 4.79 Å². The fraction of sp³-hybridized carbons (Fsp3) is 0.375. The summed E-state index contributed by atoms with van der Waals surface area (Å²) in [5, 5.41) is 3.13. The van der Waals surface area contributed by atoms with Gasteiger partial charge in [0.15, 0.2) is 5.13 Å². The van der Waals surface area contributed by atoms with E-state index in [0.29, 0.717) is 10.9 Å². The number of hydrogen-bond donors (Lipinski definition) is 1. The first kappa shape index (κ1) is 17.8. The average Bonchev–Trinajstić information content (AvgIpc) is 3.35. The number of hydrogen-bond acceptors (Lipinski definition) is 6. The van der Waals surface area contributed by atoms with E-state index in [-0.39, 0.29) is 17.5 Å². The summed E-state index contributed by atoms with van der Waals surface area (Å²) in [5.41, 5.74) is 0. The van der Waals surface area contributed by atoms with E-state index in [2.05, 4.69) is 10.3 Å². The molecule has 0 radical (unpaired) electrons. The molecule has 1 fully saturated rings. The number of anilines is 1. The molecule has 3 rings (SSSR count). The Morgan fingerprint density at radius 2 is 2.04 bits per heavy atom. The normalized spacial score (nSPS) is 14.5. The van der Waals surface area contributed by atoms with Crippen LogP contribution in [0.4, 0.5) is 5.13 Å². The van der Waals surface area contributed by atoms with Gasteiger partial charge in [-0.1, -0.05) is 0 Å². The van der Waals surface area contributed by atoms with E-state index >= 15 is 0 Å². The van der Waals surface area contributed by atoms with Crippen molar-refractivity contribution in [1.29, 1.82) is 0 Å². The number of carbonyl (C=O) groups excluding carboxylic acids is 1. The molecule has 0 bridgehead atoms. The smallest absolute Gasteiger partial charge is 0.243 e. The van der Waals surface area contributed by atoms with E-state index in [1.165, 1.54) is 34.9 Å². The second kappa shape index (κ2) is 7.11. The van der Waals surface area contributed by atoms with Crippen molar-refractivity contribution in [3.8, 4) is 5.75 Å². The predicted molar refractivity (Wildman–Crippen MR) is 95.4 cm³/mol. The third-order valence-electron chi connectivity index (χ3n) is 3.79. The van der Waals surface area contributed by atoms with Crippen molar-refractivity contribution in [1.82, 2.24) is 9.29 Å². The molecule has 1 aliphatic carbocycles. The summed E-state index contributed by atoms with van der Waals surface area (Å²) < 4.78 is 32.1. The Labute approximate surface area is 150 Å². The number of methoxy groups -OCH3 is 1. The molecule has 1 heterocycles. The summed E-state index contributed by atoms with van der Waals surface area (Å²) in [6, 6.07) is 6.04. The lowest BCUT2D eigenvalue weighted by molar-refractivity contribution is -0.116. The van der Waals surface area contributed by atoms with Gasteiger partial charge in [-0.25, -0.2) is 13.4 Å². The van der Waals surface area contributed by atoms with Crippen molar-refractivity contribution in [3.63, 3.8) is 0 Å². The molecule has 9 heteroatoms. The van der Waals surface area contributed by atoms with Gasteiger partial charge in [0.25, 0.3) is 0 Å². The van der Waals surface area contributed by atoms with E-state index < -0.39 is 15.9 Å². The molecule has 0 atom stereocenters. The number of nitrogens with zero attached hydrogens (tertiary/aromatic N) is 2. The lowest BCUT2D eigenvalue weighted by Gasteiger charge is -2.21. The average molecular weight is 381 g/mol. The first-order valence-electron chi connectivity index (χ1n) is 7.78. The molecular formula is C16H19N3O4S2. The maximum Gasteiger partial charge on any atom is 0.243 e. The molecule has 1 aromatic heterocycles. The number of benzene rings is 1. The van der Waals surface area contributed by atoms with Crippen LogP contribution in [0.25, 0.3) is 0 Å². The van der Waals surface area contributed by atoms with Gasteiger partial charge in [0.2, 0.25) is 15.9 Å². The fourth-order valence-corrected chi connectivity index (χ4v) is 4.69. The third kappa shape index (κ3) is 4.17. The Bertz CT molecular complexity index is 858. The van der Waals surface area contributed by atoms with Crippen LogP contribution in [0.3, 0.4) is 0 Å². The van der Waals surface area contributed by atoms with Gasteiger partial charge in [-0.15, -0.1) is 11.3 Å². The van der Waals surface area contributed by atoms with Crippen molar-refractivity contribution in [2.45, 2.75) is 30.7 Å². The summed E-state index contributed by atoms with van der Waals surface area (Å²) in [5.74, 6) is 0.187. The summed E-state index contributed by atoms with van der Waals surface area (Å²) in [6.45, 7) is 1.66. The van der Waals surface area contributed by atoms with Crippen LogP contribution in [0.15, 0.2) is 35.4 Å². The number of carbonyl (C=O) groups is 1. The molecule has 134 valence electrons. The molecule has 1 aromatic carbocycles. The number of aryl methyl sites for hydroxylation is 1. The lowest BCUT2D eigenvalue weighted by Crippen LogP contribution is -2.39. The van der Waals surface area contributed by atoms with Crippen LogP contribution in [-0.4, -0.2) is 43.3 Å². The molecule has 7 nitrogen and oxygen atoms in total. The molecule has 0 unspecified atom stereocenters. The number of ether oxygens (including phenoxy) is 1. The lowest BCUT2D eigenvalue weighted by atomic mass is 10.3. The maximum absolute atomic E-state index is 12.9. The minimum absolute atomic E-state index is 0.129. The molecule has 1 saturated carbocycles. The van der Waals surface area contributed by atoms with E-state index in [9.17, 15) is 13.2 Å². The number of thiazole rings is 1. The van der Waals surface area contributed by atoms with E-state index in [1.807, 2.05) is 6.92 Å². The Kier molecular flexibility index (Phi) is 5.07. The second-order valence-corrected chi connectivity index (χ2v) is 8.91. The zero-order valence-electron chi connectivity index (χ0n) is 13.9. The van der Waals surface area contributed by atoms with Crippen LogP contribution < -0.4 is 10.1 Å². The van der Waals surface area contributed by atoms with E-state index in [0.717, 1.165) is 17.7 Å². The Balaban J connectivity index is 1.76. The highest BCUT2D eigenvalue weighted by atomic mass is 32.2. The zero-order valence-corrected chi connectivity index (χ0v) is 15.6. The van der Waals surface area contributed by atoms with Crippen molar-refractivity contribution < 1.29 is 17.9 Å². The van der Waals surface area contributed by atoms with Gasteiger partial charge in [-0.05, 0) is 44.0 Å². The molecule has 0 aliphatic heterocycles. The molecular weight excluding hydrogens is 362 g/mol. The van der Waals surface area contributed by atoms with Crippen LogP contribution >= 0.6 is 11.3 Å². The number of sulfonamides is 1. The van der Waals surface area contributed by atoms with Crippen molar-refractivity contribution in [3.05, 3.63) is 35.3 Å². The first-order valence-corrected chi connectivity index (χ1v) is 10.0. The van der Waals surface area contributed by atoms with Crippen molar-refractivity contribution in [2.24, 2.45) is 0 Å². The maximum atomic E-state index is 12.9. The molecule has 2 aromatic rings. The molecule has 0 spiro atoms. The zero-order chi connectivity index (χ0) is 18.0. The van der Waals surface area contributed by atoms with Gasteiger partial charge >= 0.3 is 0 Å². The topological polar surface area (TPSA) is 88.6 Å². The van der Waals surface area contributed by atoms with Crippen LogP contribution in [0.2, 0.25) is 0 Å². The van der Waals surface area contributed by atoms with Gasteiger partial charge < -0.3 is 10.1 Å². The predicted octanol–water partition coefficient (Wildman–Crippen LogP) is 2.25. The SMILES string of the molecule is COc1ccc(S(=O)(=O)N(CC(=O)Nc2ncc(C)s2)C2CC2)cc1. The monoisotopic (exact) mass is 381 g/mol. The van der Waals surface area contributed by atoms with Gasteiger partial charge in [0.05, 0.1) is 18.6 Å². The largest absolute Gasteiger partial charge is 0.497 e. The van der Waals surface area contributed by atoms with Gasteiger partial charge in [0.1, 0.15) is 5.75 Å². The number of rotatable bonds is 7. The Hall–Kier alpha value is -1.97. The second-order valence-electron chi connectivity index (χ2n) is 5.78. The number of nitrogens with one attached hydrogen (secondary N) is 1. The quantitative estimate of drug-likeness (QED) is 0.795. The van der Waals surface area contributed by atoms with Gasteiger partial charge in [0, 0.05) is 17.1 Å². The summed E-state index contributed by atoms with van der Waals surface area (Å²) >= 11 is 1.35. The molecule has 25 heavy (non-hydrogen) atoms. The highest BCUT2D eigenvalue weighted by Crippen LogP contribution is 2.32. The minimum atomic E-state index is -3.75. The summed E-state index contributed by atoms with van der Waals surface area (Å²) in [7, 11) is -2.23. The van der Waals surface area contributed by atoms with Crippen LogP contribution in [0.1, 0.15) is 17.7 Å². The van der Waals surface area contributed by atoms with Crippen LogP contribution in [0.5, 0.6) is 5.75 Å². The van der Waals surface area contributed by atoms with Crippen LogP contribution in [-0.2, 0) is 14.8 Å². The summed E-state index contributed by atoms with van der Waals surface area (Å²) in [4.78, 5) is 17.5. The minimum Gasteiger partial charge on any atom is -0.497 e. The summed E-state index contributed by atoms with van der Waals surface area (Å²) in [6.07, 6.45) is 3.19. The van der Waals surface area contributed by atoms with E-state index in [4.69, 9.17) is 4.74 Å². The number of aromatic nitrogens is 1. The molecule has 0 saturated heterocycles. The molecule has 1 aliphatic rings. The van der Waals surface area contributed by atoms with Gasteiger partial charge in [-0.2, -0.15) is 4.31 Å². The molecule has 1 amide bonds. The fourth-order valence-electron chi connectivity index (χ4n) is 2.37. The standard InChI is InChI=1S/C16H19N3O4S2/c1-11-9-17-16(24-11)18-15(20)10-19(12-3-4-12)25(21,22)14-7-5-13(23-2)6-8-14/h5-9,12H,3-4,10H2,1-2H3,(H,17,18,20). The Morgan fingerprint density at radius 3 is 2.56 bits per heavy atom. The van der Waals surface area contributed by atoms with Crippen molar-refractivity contribution >= 4 is 32.4 Å². The van der Waals surface area contributed by atoms with Crippen molar-refractivity contribution in [2.75, 3.05) is 19.0 Å². The first-order chi connectivity index (χ1) is 11.9. The highest BCUT2D eigenvalue weighted by Gasteiger charge is 2.39. The third-order valence-corrected chi connectivity index (χ3v) is 6.53. The van der Waals surface area contributed by atoms with E-state index in [1.54, 1.807) is 18.3 Å². The molecule has 1 N–H and O–H groups in total. The Morgan fingerprint density at radius 1 is 1.36 bits per heavy atom. The number of amides is 1. The highest BCUT2D eigenvalue weighted by molar-refractivity contribution is 7.89.